The van der Waals surface area contributed by atoms with E-state index in [2.05, 4.69) is 32.7 Å². The lowest BCUT2D eigenvalue weighted by atomic mass is 9.75. The van der Waals surface area contributed by atoms with E-state index in [4.69, 9.17) is 14.6 Å². The number of amides is 1. The highest BCUT2D eigenvalue weighted by Gasteiger charge is 2.32. The third-order valence-corrected chi connectivity index (χ3v) is 4.54. The Labute approximate surface area is 144 Å². The first-order chi connectivity index (χ1) is 11.3. The van der Waals surface area contributed by atoms with Crippen LogP contribution < -0.4 is 5.32 Å². The molecule has 24 heavy (non-hydrogen) atoms. The van der Waals surface area contributed by atoms with Crippen molar-refractivity contribution in [3.8, 4) is 0 Å². The monoisotopic (exact) mass is 341 g/mol. The first-order valence-electron chi connectivity index (χ1n) is 8.67. The van der Waals surface area contributed by atoms with Crippen molar-refractivity contribution in [3.05, 3.63) is 12.7 Å². The van der Waals surface area contributed by atoms with E-state index >= 15 is 0 Å². The van der Waals surface area contributed by atoms with E-state index in [1.165, 1.54) is 12.5 Å². The number of nitrogens with one attached hydrogen (secondary N) is 1. The van der Waals surface area contributed by atoms with Crippen molar-refractivity contribution in [2.45, 2.75) is 52.2 Å². The molecule has 0 aromatic carbocycles. The molecule has 2 N–H and O–H groups in total. The predicted octanol–water partition coefficient (Wildman–Crippen LogP) is 2.24. The molecule has 4 atom stereocenters. The summed E-state index contributed by atoms with van der Waals surface area (Å²) in [5.41, 5.74) is 0. The van der Waals surface area contributed by atoms with E-state index < -0.39 is 17.9 Å². The summed E-state index contributed by atoms with van der Waals surface area (Å²) < 4.78 is 10.9. The molecule has 0 aliphatic heterocycles. The normalized spacial score (nSPS) is 25.2. The highest BCUT2D eigenvalue weighted by Crippen LogP contribution is 2.35. The second kappa shape index (κ2) is 10.5. The zero-order chi connectivity index (χ0) is 18.1. The second-order valence-electron chi connectivity index (χ2n) is 6.96. The summed E-state index contributed by atoms with van der Waals surface area (Å²) in [5.74, 6) is -0.0129. The lowest BCUT2D eigenvalue weighted by Crippen LogP contribution is -2.46. The minimum atomic E-state index is -1.13. The van der Waals surface area contributed by atoms with Gasteiger partial charge in [-0.05, 0) is 30.6 Å². The standard InChI is InChI=1S/C18H31NO5/c1-5-8-23-10-15(18(21)22)19-17(20)11-24-16-9-13(4)6-7-14(16)12(2)3/h5,12-16H,1,6-11H2,2-4H3,(H,19,20)(H,21,22). The number of hydrogen-bond donors (Lipinski definition) is 2. The maximum atomic E-state index is 12.0. The molecule has 1 amide bonds. The number of hydrogen-bond acceptors (Lipinski definition) is 4. The summed E-state index contributed by atoms with van der Waals surface area (Å²) in [7, 11) is 0. The summed E-state index contributed by atoms with van der Waals surface area (Å²) in [6.45, 7) is 10.1. The van der Waals surface area contributed by atoms with Crippen LogP contribution in [0.3, 0.4) is 0 Å². The third kappa shape index (κ3) is 7.01. The maximum absolute atomic E-state index is 12.0. The Morgan fingerprint density at radius 2 is 2.08 bits per heavy atom. The molecule has 0 aromatic rings. The van der Waals surface area contributed by atoms with Crippen LogP contribution in [0.5, 0.6) is 0 Å². The fourth-order valence-corrected chi connectivity index (χ4v) is 3.17. The van der Waals surface area contributed by atoms with Gasteiger partial charge in [0.25, 0.3) is 0 Å². The van der Waals surface area contributed by atoms with Crippen molar-refractivity contribution in [1.82, 2.24) is 5.32 Å². The Morgan fingerprint density at radius 1 is 1.38 bits per heavy atom. The molecule has 1 aliphatic rings. The van der Waals surface area contributed by atoms with Crippen LogP contribution in [0.2, 0.25) is 0 Å². The number of carboxylic acids is 1. The van der Waals surface area contributed by atoms with Gasteiger partial charge in [0.1, 0.15) is 6.61 Å². The van der Waals surface area contributed by atoms with Crippen LogP contribution in [0, 0.1) is 17.8 Å². The lowest BCUT2D eigenvalue weighted by molar-refractivity contribution is -0.145. The topological polar surface area (TPSA) is 84.9 Å². The minimum Gasteiger partial charge on any atom is -0.480 e. The van der Waals surface area contributed by atoms with Crippen LogP contribution in [0.25, 0.3) is 0 Å². The Balaban J connectivity index is 2.47. The summed E-state index contributed by atoms with van der Waals surface area (Å²) >= 11 is 0. The van der Waals surface area contributed by atoms with E-state index in [-0.39, 0.29) is 25.9 Å². The van der Waals surface area contributed by atoms with Gasteiger partial charge in [0.2, 0.25) is 5.91 Å². The molecule has 0 saturated heterocycles. The van der Waals surface area contributed by atoms with Crippen molar-refractivity contribution in [2.75, 3.05) is 19.8 Å². The van der Waals surface area contributed by atoms with Crippen LogP contribution in [-0.2, 0) is 19.1 Å². The molecule has 6 nitrogen and oxygen atoms in total. The van der Waals surface area contributed by atoms with E-state index in [9.17, 15) is 9.59 Å². The Kier molecular flexibility index (Phi) is 9.00. The molecular weight excluding hydrogens is 310 g/mol. The van der Waals surface area contributed by atoms with Gasteiger partial charge < -0.3 is 19.9 Å². The Hall–Kier alpha value is -1.40. The van der Waals surface area contributed by atoms with E-state index in [0.717, 1.165) is 12.8 Å². The number of rotatable bonds is 10. The number of carbonyl (C=O) groups is 2. The third-order valence-electron chi connectivity index (χ3n) is 4.54. The summed E-state index contributed by atoms with van der Waals surface area (Å²) in [6, 6.07) is -1.08. The molecule has 0 aromatic heterocycles. The average molecular weight is 341 g/mol. The van der Waals surface area contributed by atoms with E-state index in [0.29, 0.717) is 17.8 Å². The van der Waals surface area contributed by atoms with E-state index in [1.54, 1.807) is 0 Å². The fourth-order valence-electron chi connectivity index (χ4n) is 3.17. The van der Waals surface area contributed by atoms with Gasteiger partial charge in [-0.3, -0.25) is 4.79 Å². The van der Waals surface area contributed by atoms with Gasteiger partial charge >= 0.3 is 5.97 Å². The molecular formula is C18H31NO5. The Bertz CT molecular complexity index is 424. The molecule has 0 bridgehead atoms. The molecule has 0 spiro atoms. The highest BCUT2D eigenvalue weighted by atomic mass is 16.5. The average Bonchev–Trinajstić information content (AvgIpc) is 2.51. The minimum absolute atomic E-state index is 0.0554. The van der Waals surface area contributed by atoms with Crippen LogP contribution in [0.1, 0.15) is 40.0 Å². The molecule has 1 saturated carbocycles. The van der Waals surface area contributed by atoms with Crippen molar-refractivity contribution in [2.24, 2.45) is 17.8 Å². The quantitative estimate of drug-likeness (QED) is 0.470. The van der Waals surface area contributed by atoms with Crippen molar-refractivity contribution < 1.29 is 24.2 Å². The van der Waals surface area contributed by atoms with Gasteiger partial charge in [0.05, 0.1) is 19.3 Å². The van der Waals surface area contributed by atoms with Gasteiger partial charge in [-0.2, -0.15) is 0 Å². The molecule has 1 fully saturated rings. The molecule has 138 valence electrons. The van der Waals surface area contributed by atoms with Crippen LogP contribution in [-0.4, -0.2) is 48.9 Å². The largest absolute Gasteiger partial charge is 0.480 e. The Morgan fingerprint density at radius 3 is 2.67 bits per heavy atom. The molecule has 1 rings (SSSR count). The molecule has 0 radical (unpaired) electrons. The first kappa shape index (κ1) is 20.6. The zero-order valence-electron chi connectivity index (χ0n) is 15.0. The number of aliphatic carboxylic acids is 1. The van der Waals surface area contributed by atoms with Gasteiger partial charge in [-0.1, -0.05) is 33.3 Å². The van der Waals surface area contributed by atoms with Crippen LogP contribution in [0.15, 0.2) is 12.7 Å². The highest BCUT2D eigenvalue weighted by molar-refractivity contribution is 5.84. The maximum Gasteiger partial charge on any atom is 0.328 e. The second-order valence-corrected chi connectivity index (χ2v) is 6.96. The molecule has 1 aliphatic carbocycles. The summed E-state index contributed by atoms with van der Waals surface area (Å²) in [4.78, 5) is 23.2. The summed E-state index contributed by atoms with van der Waals surface area (Å²) in [6.07, 6.45) is 4.83. The molecule has 4 unspecified atom stereocenters. The molecule has 6 heteroatoms. The van der Waals surface area contributed by atoms with Gasteiger partial charge in [0.15, 0.2) is 6.04 Å². The fraction of sp³-hybridized carbons (Fsp3) is 0.778. The number of carbonyl (C=O) groups excluding carboxylic acids is 1. The van der Waals surface area contributed by atoms with Gasteiger partial charge in [-0.25, -0.2) is 4.79 Å². The molecule has 0 heterocycles. The summed E-state index contributed by atoms with van der Waals surface area (Å²) in [5, 5.41) is 11.6. The van der Waals surface area contributed by atoms with Gasteiger partial charge in [-0.15, -0.1) is 6.58 Å². The van der Waals surface area contributed by atoms with Crippen molar-refractivity contribution in [1.29, 1.82) is 0 Å². The van der Waals surface area contributed by atoms with Crippen molar-refractivity contribution >= 4 is 11.9 Å². The SMILES string of the molecule is C=CCOCC(NC(=O)COC1CC(C)CCC1C(C)C)C(=O)O. The van der Waals surface area contributed by atoms with Crippen molar-refractivity contribution in [3.63, 3.8) is 0 Å². The van der Waals surface area contributed by atoms with Gasteiger partial charge in [0, 0.05) is 0 Å². The van der Waals surface area contributed by atoms with E-state index in [1.807, 2.05) is 0 Å². The lowest BCUT2D eigenvalue weighted by Gasteiger charge is -2.37. The first-order valence-corrected chi connectivity index (χ1v) is 8.67. The predicted molar refractivity (Wildman–Crippen MR) is 91.7 cm³/mol. The van der Waals surface area contributed by atoms with Crippen LogP contribution in [0.4, 0.5) is 0 Å². The number of ether oxygens (including phenoxy) is 2. The zero-order valence-corrected chi connectivity index (χ0v) is 15.0. The number of carboxylic acid groups (broad SMARTS) is 1. The van der Waals surface area contributed by atoms with Crippen LogP contribution >= 0.6 is 0 Å². The smallest absolute Gasteiger partial charge is 0.328 e.